The van der Waals surface area contributed by atoms with E-state index >= 15 is 0 Å². The van der Waals surface area contributed by atoms with Crippen molar-refractivity contribution in [1.29, 1.82) is 0 Å². The van der Waals surface area contributed by atoms with Gasteiger partial charge in [0.25, 0.3) is 0 Å². The third-order valence-corrected chi connectivity index (χ3v) is 5.13. The third kappa shape index (κ3) is 4.17. The van der Waals surface area contributed by atoms with Crippen LogP contribution in [0.25, 0.3) is 0 Å². The van der Waals surface area contributed by atoms with Crippen LogP contribution in [0.5, 0.6) is 0 Å². The van der Waals surface area contributed by atoms with Crippen LogP contribution in [0.15, 0.2) is 0 Å². The Bertz CT molecular complexity index is 261. The number of hydrogen-bond acceptors (Lipinski definition) is 3. The van der Waals surface area contributed by atoms with E-state index in [2.05, 4.69) is 31.0 Å². The van der Waals surface area contributed by atoms with Crippen LogP contribution in [0.4, 0.5) is 0 Å². The molecule has 0 spiro atoms. The van der Waals surface area contributed by atoms with Crippen LogP contribution in [0.3, 0.4) is 0 Å². The quantitative estimate of drug-likeness (QED) is 0.685. The fourth-order valence-corrected chi connectivity index (χ4v) is 3.14. The second-order valence-electron chi connectivity index (χ2n) is 6.42. The first-order valence-corrected chi connectivity index (χ1v) is 8.29. The highest BCUT2D eigenvalue weighted by Gasteiger charge is 2.35. The lowest BCUT2D eigenvalue weighted by atomic mass is 9.88. The Morgan fingerprint density at radius 3 is 2.53 bits per heavy atom. The van der Waals surface area contributed by atoms with Gasteiger partial charge in [-0.05, 0) is 38.0 Å². The zero-order valence-electron chi connectivity index (χ0n) is 13.1. The number of ether oxygens (including phenoxy) is 1. The second kappa shape index (κ2) is 7.05. The zero-order chi connectivity index (χ0) is 13.7. The SMILES string of the molecule is CCC1CNC(CC)(CC)CN1CCOCC1CC1. The van der Waals surface area contributed by atoms with Crippen molar-refractivity contribution in [2.24, 2.45) is 5.92 Å². The predicted octanol–water partition coefficient (Wildman–Crippen LogP) is 2.66. The van der Waals surface area contributed by atoms with Crippen LogP contribution in [0, 0.1) is 5.92 Å². The van der Waals surface area contributed by atoms with Gasteiger partial charge in [-0.1, -0.05) is 20.8 Å². The molecule has 0 bridgehead atoms. The van der Waals surface area contributed by atoms with E-state index < -0.39 is 0 Å². The predicted molar refractivity (Wildman–Crippen MR) is 80.5 cm³/mol. The minimum atomic E-state index is 0.335. The second-order valence-corrected chi connectivity index (χ2v) is 6.42. The number of hydrogen-bond donors (Lipinski definition) is 1. The Kier molecular flexibility index (Phi) is 5.67. The lowest BCUT2D eigenvalue weighted by Gasteiger charge is -2.47. The van der Waals surface area contributed by atoms with Crippen LogP contribution in [-0.2, 0) is 4.74 Å². The van der Waals surface area contributed by atoms with Crippen molar-refractivity contribution in [1.82, 2.24) is 10.2 Å². The van der Waals surface area contributed by atoms with Gasteiger partial charge >= 0.3 is 0 Å². The van der Waals surface area contributed by atoms with Gasteiger partial charge in [0.1, 0.15) is 0 Å². The van der Waals surface area contributed by atoms with Gasteiger partial charge in [0.2, 0.25) is 0 Å². The van der Waals surface area contributed by atoms with Gasteiger partial charge in [0, 0.05) is 37.8 Å². The molecule has 1 atom stereocenters. The highest BCUT2D eigenvalue weighted by atomic mass is 16.5. The van der Waals surface area contributed by atoms with Crippen molar-refractivity contribution in [3.8, 4) is 0 Å². The molecule has 0 aromatic carbocycles. The molecule has 1 saturated carbocycles. The molecule has 3 nitrogen and oxygen atoms in total. The summed E-state index contributed by atoms with van der Waals surface area (Å²) in [4.78, 5) is 2.66. The molecule has 2 aliphatic rings. The zero-order valence-corrected chi connectivity index (χ0v) is 13.1. The highest BCUT2D eigenvalue weighted by molar-refractivity contribution is 4.96. The fourth-order valence-electron chi connectivity index (χ4n) is 3.14. The van der Waals surface area contributed by atoms with Gasteiger partial charge in [0.05, 0.1) is 6.61 Å². The van der Waals surface area contributed by atoms with Gasteiger partial charge in [-0.25, -0.2) is 0 Å². The van der Waals surface area contributed by atoms with E-state index in [4.69, 9.17) is 4.74 Å². The Balaban J connectivity index is 1.78. The first-order chi connectivity index (χ1) is 9.23. The van der Waals surface area contributed by atoms with E-state index in [0.29, 0.717) is 11.6 Å². The van der Waals surface area contributed by atoms with Gasteiger partial charge in [0.15, 0.2) is 0 Å². The standard InChI is InChI=1S/C16H32N2O/c1-4-15-11-17-16(5-2,6-3)13-18(15)9-10-19-12-14-7-8-14/h14-15,17H,4-13H2,1-3H3. The summed E-state index contributed by atoms with van der Waals surface area (Å²) in [6, 6.07) is 0.691. The first-order valence-electron chi connectivity index (χ1n) is 8.29. The molecule has 112 valence electrons. The average Bonchev–Trinajstić information content (AvgIpc) is 3.27. The maximum absolute atomic E-state index is 5.83. The summed E-state index contributed by atoms with van der Waals surface area (Å²) in [6.45, 7) is 12.3. The molecule has 0 aromatic rings. The molecule has 1 unspecified atom stereocenters. The monoisotopic (exact) mass is 268 g/mol. The lowest BCUT2D eigenvalue weighted by molar-refractivity contribution is 0.0337. The van der Waals surface area contributed by atoms with Crippen molar-refractivity contribution < 1.29 is 4.74 Å². The van der Waals surface area contributed by atoms with E-state index in [1.165, 1.54) is 38.6 Å². The summed E-state index contributed by atoms with van der Waals surface area (Å²) >= 11 is 0. The molecule has 2 rings (SSSR count). The maximum Gasteiger partial charge on any atom is 0.0593 e. The minimum absolute atomic E-state index is 0.335. The molecule has 1 aliphatic carbocycles. The summed E-state index contributed by atoms with van der Waals surface area (Å²) in [5.41, 5.74) is 0.335. The third-order valence-electron chi connectivity index (χ3n) is 5.13. The number of nitrogens with zero attached hydrogens (tertiary/aromatic N) is 1. The molecule has 1 heterocycles. The van der Waals surface area contributed by atoms with Crippen LogP contribution in [-0.4, -0.2) is 49.3 Å². The molecular weight excluding hydrogens is 236 g/mol. The number of rotatable bonds is 8. The smallest absolute Gasteiger partial charge is 0.0593 e. The highest BCUT2D eigenvalue weighted by Crippen LogP contribution is 2.29. The maximum atomic E-state index is 5.83. The van der Waals surface area contributed by atoms with E-state index in [-0.39, 0.29) is 0 Å². The Labute approximate surface area is 119 Å². The molecule has 0 amide bonds. The van der Waals surface area contributed by atoms with Crippen molar-refractivity contribution in [3.05, 3.63) is 0 Å². The minimum Gasteiger partial charge on any atom is -0.380 e. The topological polar surface area (TPSA) is 24.5 Å². The van der Waals surface area contributed by atoms with Crippen LogP contribution >= 0.6 is 0 Å². The molecule has 1 aliphatic heterocycles. The molecular formula is C16H32N2O. The molecule has 0 radical (unpaired) electrons. The van der Waals surface area contributed by atoms with Gasteiger partial charge < -0.3 is 10.1 Å². The fraction of sp³-hybridized carbons (Fsp3) is 1.00. The van der Waals surface area contributed by atoms with Crippen LogP contribution in [0.1, 0.15) is 52.9 Å². The largest absolute Gasteiger partial charge is 0.380 e. The molecule has 2 fully saturated rings. The molecule has 1 N–H and O–H groups in total. The van der Waals surface area contributed by atoms with E-state index in [1.54, 1.807) is 0 Å². The Morgan fingerprint density at radius 2 is 1.95 bits per heavy atom. The Hall–Kier alpha value is -0.120. The number of nitrogens with one attached hydrogen (secondary N) is 1. The van der Waals surface area contributed by atoms with Gasteiger partial charge in [-0.15, -0.1) is 0 Å². The van der Waals surface area contributed by atoms with E-state index in [1.807, 2.05) is 0 Å². The summed E-state index contributed by atoms with van der Waals surface area (Å²) in [5, 5.41) is 3.80. The van der Waals surface area contributed by atoms with Gasteiger partial charge in [-0.2, -0.15) is 0 Å². The molecule has 19 heavy (non-hydrogen) atoms. The van der Waals surface area contributed by atoms with Crippen molar-refractivity contribution in [2.45, 2.75) is 64.5 Å². The van der Waals surface area contributed by atoms with Crippen molar-refractivity contribution in [3.63, 3.8) is 0 Å². The summed E-state index contributed by atoms with van der Waals surface area (Å²) < 4.78 is 5.83. The average molecular weight is 268 g/mol. The van der Waals surface area contributed by atoms with Crippen LogP contribution in [0.2, 0.25) is 0 Å². The lowest BCUT2D eigenvalue weighted by Crippen LogP contribution is -2.64. The molecule has 3 heteroatoms. The van der Waals surface area contributed by atoms with Crippen molar-refractivity contribution in [2.75, 3.05) is 32.8 Å². The van der Waals surface area contributed by atoms with E-state index in [9.17, 15) is 0 Å². The van der Waals surface area contributed by atoms with E-state index in [0.717, 1.165) is 32.2 Å². The summed E-state index contributed by atoms with van der Waals surface area (Å²) in [5.74, 6) is 0.885. The molecule has 1 saturated heterocycles. The normalized spacial score (nSPS) is 27.6. The first kappa shape index (κ1) is 15.3. The summed E-state index contributed by atoms with van der Waals surface area (Å²) in [7, 11) is 0. The number of piperazine rings is 1. The van der Waals surface area contributed by atoms with Crippen LogP contribution < -0.4 is 5.32 Å². The summed E-state index contributed by atoms with van der Waals surface area (Å²) in [6.07, 6.45) is 6.46. The molecule has 0 aromatic heterocycles. The van der Waals surface area contributed by atoms with Crippen molar-refractivity contribution >= 4 is 0 Å². The van der Waals surface area contributed by atoms with Gasteiger partial charge in [-0.3, -0.25) is 4.90 Å². The Morgan fingerprint density at radius 1 is 1.21 bits per heavy atom.